The molecule has 2 rings (SSSR count). The number of rotatable bonds is 7. The van der Waals surface area contributed by atoms with Gasteiger partial charge in [-0.3, -0.25) is 0 Å². The lowest BCUT2D eigenvalue weighted by Crippen LogP contribution is -2.36. The van der Waals surface area contributed by atoms with E-state index in [2.05, 4.69) is 0 Å². The minimum Gasteiger partial charge on any atom is -0.491 e. The summed E-state index contributed by atoms with van der Waals surface area (Å²) in [7, 11) is 0. The van der Waals surface area contributed by atoms with Gasteiger partial charge in [0, 0.05) is 10.0 Å². The maximum absolute atomic E-state index is 9.85. The first kappa shape index (κ1) is 16.9. The molecule has 0 aromatic heterocycles. The van der Waals surface area contributed by atoms with Gasteiger partial charge in [0.15, 0.2) is 0 Å². The number of aliphatic hydroxyl groups excluding tert-OH is 2. The van der Waals surface area contributed by atoms with Gasteiger partial charge in [0.05, 0.1) is 0 Å². The maximum Gasteiger partial charge on any atom is 0.119 e. The molecule has 4 nitrogen and oxygen atoms in total. The van der Waals surface area contributed by atoms with Crippen molar-refractivity contribution in [3.8, 4) is 11.5 Å². The van der Waals surface area contributed by atoms with Gasteiger partial charge in [0.2, 0.25) is 0 Å². The van der Waals surface area contributed by atoms with E-state index in [1.54, 1.807) is 48.5 Å². The van der Waals surface area contributed by atoms with E-state index in [0.29, 0.717) is 21.5 Å². The Hall–Kier alpha value is -1.46. The molecule has 118 valence electrons. The molecule has 0 radical (unpaired) electrons. The SMILES string of the molecule is OC(COc1ccc(Cl)cc1)C(O)COc1ccc(Cl)cc1. The summed E-state index contributed by atoms with van der Waals surface area (Å²) in [6.07, 6.45) is -2.13. The highest BCUT2D eigenvalue weighted by Crippen LogP contribution is 2.17. The number of aliphatic hydroxyl groups is 2. The molecule has 0 fully saturated rings. The summed E-state index contributed by atoms with van der Waals surface area (Å²) in [6.45, 7) is -0.0977. The lowest BCUT2D eigenvalue weighted by atomic mass is 10.2. The monoisotopic (exact) mass is 342 g/mol. The molecule has 22 heavy (non-hydrogen) atoms. The molecule has 2 atom stereocenters. The minimum atomic E-state index is -1.07. The van der Waals surface area contributed by atoms with Gasteiger partial charge in [-0.2, -0.15) is 0 Å². The highest BCUT2D eigenvalue weighted by atomic mass is 35.5. The molecule has 0 aliphatic heterocycles. The van der Waals surface area contributed by atoms with Crippen LogP contribution in [0.4, 0.5) is 0 Å². The van der Waals surface area contributed by atoms with Crippen LogP contribution in [-0.2, 0) is 0 Å². The van der Waals surface area contributed by atoms with E-state index in [-0.39, 0.29) is 13.2 Å². The number of hydrogen-bond acceptors (Lipinski definition) is 4. The molecular formula is C16H16Cl2O4. The standard InChI is InChI=1S/C16H16Cl2O4/c17-11-1-5-13(6-2-11)21-9-15(19)16(20)10-22-14-7-3-12(18)4-8-14/h1-8,15-16,19-20H,9-10H2. The zero-order chi connectivity index (χ0) is 15.9. The average Bonchev–Trinajstić information content (AvgIpc) is 2.53. The topological polar surface area (TPSA) is 58.9 Å². The first-order valence-corrected chi connectivity index (χ1v) is 7.43. The first-order valence-electron chi connectivity index (χ1n) is 6.67. The predicted octanol–water partition coefficient (Wildman–Crippen LogP) is 3.17. The van der Waals surface area contributed by atoms with Crippen LogP contribution in [0.25, 0.3) is 0 Å². The highest BCUT2D eigenvalue weighted by molar-refractivity contribution is 6.30. The van der Waals surface area contributed by atoms with Crippen molar-refractivity contribution in [2.24, 2.45) is 0 Å². The van der Waals surface area contributed by atoms with Crippen molar-refractivity contribution in [2.45, 2.75) is 12.2 Å². The third-order valence-corrected chi connectivity index (χ3v) is 3.42. The molecule has 2 aromatic rings. The van der Waals surface area contributed by atoms with Crippen LogP contribution >= 0.6 is 23.2 Å². The second-order valence-corrected chi connectivity index (χ2v) is 5.54. The smallest absolute Gasteiger partial charge is 0.119 e. The van der Waals surface area contributed by atoms with E-state index in [4.69, 9.17) is 32.7 Å². The Morgan fingerprint density at radius 3 is 1.32 bits per heavy atom. The molecule has 0 spiro atoms. The average molecular weight is 343 g/mol. The third kappa shape index (κ3) is 5.39. The Balaban J connectivity index is 1.75. The van der Waals surface area contributed by atoms with E-state index in [0.717, 1.165) is 0 Å². The molecule has 0 saturated heterocycles. The number of halogens is 2. The van der Waals surface area contributed by atoms with E-state index in [1.807, 2.05) is 0 Å². The molecule has 0 heterocycles. The van der Waals surface area contributed by atoms with Gasteiger partial charge in [0.1, 0.15) is 36.9 Å². The summed E-state index contributed by atoms with van der Waals surface area (Å²) < 4.78 is 10.7. The quantitative estimate of drug-likeness (QED) is 0.811. The van der Waals surface area contributed by atoms with Crippen molar-refractivity contribution >= 4 is 23.2 Å². The summed E-state index contributed by atoms with van der Waals surface area (Å²) in [5.74, 6) is 1.13. The fourth-order valence-corrected chi connectivity index (χ4v) is 1.90. The minimum absolute atomic E-state index is 0.0488. The zero-order valence-electron chi connectivity index (χ0n) is 11.7. The largest absolute Gasteiger partial charge is 0.491 e. The van der Waals surface area contributed by atoms with Crippen molar-refractivity contribution < 1.29 is 19.7 Å². The number of hydrogen-bond donors (Lipinski definition) is 2. The molecule has 0 amide bonds. The van der Waals surface area contributed by atoms with Crippen molar-refractivity contribution in [1.82, 2.24) is 0 Å². The Kier molecular flexibility index (Phi) is 6.34. The van der Waals surface area contributed by atoms with E-state index < -0.39 is 12.2 Å². The number of ether oxygens (including phenoxy) is 2. The van der Waals surface area contributed by atoms with Crippen LogP contribution in [0.2, 0.25) is 10.0 Å². The maximum atomic E-state index is 9.85. The molecule has 0 saturated carbocycles. The van der Waals surface area contributed by atoms with Gasteiger partial charge >= 0.3 is 0 Å². The summed E-state index contributed by atoms with van der Waals surface area (Å²) in [5, 5.41) is 20.9. The van der Waals surface area contributed by atoms with Crippen LogP contribution < -0.4 is 9.47 Å². The molecule has 0 aliphatic rings. The Morgan fingerprint density at radius 2 is 1.00 bits per heavy atom. The lowest BCUT2D eigenvalue weighted by molar-refractivity contribution is -0.0288. The third-order valence-electron chi connectivity index (χ3n) is 2.91. The summed E-state index contributed by atoms with van der Waals surface area (Å²) >= 11 is 11.5. The van der Waals surface area contributed by atoms with Crippen LogP contribution in [0, 0.1) is 0 Å². The van der Waals surface area contributed by atoms with Gasteiger partial charge in [-0.15, -0.1) is 0 Å². The van der Waals surface area contributed by atoms with Gasteiger partial charge < -0.3 is 19.7 Å². The summed E-state index contributed by atoms with van der Waals surface area (Å²) in [5.41, 5.74) is 0. The van der Waals surface area contributed by atoms with Crippen molar-refractivity contribution in [1.29, 1.82) is 0 Å². The van der Waals surface area contributed by atoms with Crippen molar-refractivity contribution in [2.75, 3.05) is 13.2 Å². The normalized spacial score (nSPS) is 13.5. The Labute approximate surface area is 138 Å². The van der Waals surface area contributed by atoms with Crippen LogP contribution in [0.5, 0.6) is 11.5 Å². The van der Waals surface area contributed by atoms with Gasteiger partial charge in [-0.1, -0.05) is 23.2 Å². The number of benzene rings is 2. The van der Waals surface area contributed by atoms with E-state index in [9.17, 15) is 10.2 Å². The summed E-state index contributed by atoms with van der Waals surface area (Å²) in [6, 6.07) is 13.5. The van der Waals surface area contributed by atoms with Gasteiger partial charge in [-0.25, -0.2) is 0 Å². The molecule has 0 bridgehead atoms. The van der Waals surface area contributed by atoms with Crippen molar-refractivity contribution in [3.05, 3.63) is 58.6 Å². The predicted molar refractivity (Wildman–Crippen MR) is 85.9 cm³/mol. The van der Waals surface area contributed by atoms with Crippen LogP contribution in [0.3, 0.4) is 0 Å². The first-order chi connectivity index (χ1) is 10.5. The zero-order valence-corrected chi connectivity index (χ0v) is 13.2. The van der Waals surface area contributed by atoms with E-state index >= 15 is 0 Å². The Morgan fingerprint density at radius 1 is 0.682 bits per heavy atom. The Bertz CT molecular complexity index is 518. The fourth-order valence-electron chi connectivity index (χ4n) is 1.65. The highest BCUT2D eigenvalue weighted by Gasteiger charge is 2.18. The molecule has 2 aromatic carbocycles. The molecule has 6 heteroatoms. The van der Waals surface area contributed by atoms with Crippen LogP contribution in [0.15, 0.2) is 48.5 Å². The summed E-state index contributed by atoms with van der Waals surface area (Å²) in [4.78, 5) is 0. The second-order valence-electron chi connectivity index (χ2n) is 4.66. The van der Waals surface area contributed by atoms with E-state index in [1.165, 1.54) is 0 Å². The lowest BCUT2D eigenvalue weighted by Gasteiger charge is -2.19. The van der Waals surface area contributed by atoms with Crippen LogP contribution in [-0.4, -0.2) is 35.6 Å². The molecular weight excluding hydrogens is 327 g/mol. The second kappa shape index (κ2) is 8.25. The molecule has 2 N–H and O–H groups in total. The van der Waals surface area contributed by atoms with Crippen LogP contribution in [0.1, 0.15) is 0 Å². The molecule has 0 aliphatic carbocycles. The van der Waals surface area contributed by atoms with Crippen molar-refractivity contribution in [3.63, 3.8) is 0 Å². The molecule has 2 unspecified atom stereocenters. The van der Waals surface area contributed by atoms with Gasteiger partial charge in [0.25, 0.3) is 0 Å². The fraction of sp³-hybridized carbons (Fsp3) is 0.250. The van der Waals surface area contributed by atoms with Gasteiger partial charge in [-0.05, 0) is 48.5 Å².